The molecule has 0 aliphatic rings. The van der Waals surface area contributed by atoms with E-state index in [1.54, 1.807) is 6.20 Å². The van der Waals surface area contributed by atoms with Crippen LogP contribution >= 0.6 is 0 Å². The van der Waals surface area contributed by atoms with E-state index >= 15 is 0 Å². The molecule has 0 amide bonds. The number of aryl methyl sites for hydroxylation is 1. The third-order valence-electron chi connectivity index (χ3n) is 2.38. The standard InChI is InChI=1S/C11H19N3O/c1-4-15-8(3)10(12)9-5-7(2)6-14-11(9)13/h5-6,8,10H,4,12H2,1-3H3,(H2,13,14). The van der Waals surface area contributed by atoms with Crippen molar-refractivity contribution in [2.75, 3.05) is 12.3 Å². The van der Waals surface area contributed by atoms with Crippen molar-refractivity contribution in [3.05, 3.63) is 23.4 Å². The Hall–Kier alpha value is -1.13. The zero-order chi connectivity index (χ0) is 11.4. The largest absolute Gasteiger partial charge is 0.383 e. The number of aromatic nitrogens is 1. The zero-order valence-corrected chi connectivity index (χ0v) is 9.53. The predicted octanol–water partition coefficient (Wildman–Crippen LogP) is 1.40. The van der Waals surface area contributed by atoms with E-state index in [-0.39, 0.29) is 12.1 Å². The SMILES string of the molecule is CCOC(C)C(N)c1cc(C)cnc1N. The van der Waals surface area contributed by atoms with E-state index in [1.165, 1.54) is 0 Å². The molecule has 0 bridgehead atoms. The third kappa shape index (κ3) is 2.91. The smallest absolute Gasteiger partial charge is 0.128 e. The van der Waals surface area contributed by atoms with E-state index in [0.717, 1.165) is 11.1 Å². The summed E-state index contributed by atoms with van der Waals surface area (Å²) in [5.74, 6) is 0.486. The van der Waals surface area contributed by atoms with Crippen LogP contribution in [0.15, 0.2) is 12.3 Å². The van der Waals surface area contributed by atoms with Crippen molar-refractivity contribution < 1.29 is 4.74 Å². The van der Waals surface area contributed by atoms with Crippen LogP contribution in [0.5, 0.6) is 0 Å². The quantitative estimate of drug-likeness (QED) is 0.786. The Morgan fingerprint density at radius 2 is 2.20 bits per heavy atom. The highest BCUT2D eigenvalue weighted by Gasteiger charge is 2.18. The number of anilines is 1. The molecule has 0 saturated carbocycles. The van der Waals surface area contributed by atoms with Gasteiger partial charge in [-0.15, -0.1) is 0 Å². The van der Waals surface area contributed by atoms with Crippen molar-refractivity contribution in [1.29, 1.82) is 0 Å². The predicted molar refractivity (Wildman–Crippen MR) is 61.4 cm³/mol. The number of rotatable bonds is 4. The molecule has 0 spiro atoms. The van der Waals surface area contributed by atoms with Crippen LogP contribution in [0.1, 0.15) is 31.0 Å². The number of nitrogens with zero attached hydrogens (tertiary/aromatic N) is 1. The molecule has 1 aromatic rings. The fourth-order valence-corrected chi connectivity index (χ4v) is 1.49. The Labute approximate surface area is 90.6 Å². The van der Waals surface area contributed by atoms with Gasteiger partial charge in [0.25, 0.3) is 0 Å². The van der Waals surface area contributed by atoms with Crippen LogP contribution in [0.4, 0.5) is 5.82 Å². The van der Waals surface area contributed by atoms with Crippen molar-refractivity contribution in [3.8, 4) is 0 Å². The molecule has 1 aromatic heterocycles. The van der Waals surface area contributed by atoms with Crippen LogP contribution < -0.4 is 11.5 Å². The Kier molecular flexibility index (Phi) is 4.05. The molecule has 2 unspecified atom stereocenters. The van der Waals surface area contributed by atoms with Gasteiger partial charge in [-0.25, -0.2) is 4.98 Å². The van der Waals surface area contributed by atoms with Crippen molar-refractivity contribution in [1.82, 2.24) is 4.98 Å². The van der Waals surface area contributed by atoms with Gasteiger partial charge in [-0.05, 0) is 32.4 Å². The molecular formula is C11H19N3O. The highest BCUT2D eigenvalue weighted by molar-refractivity contribution is 5.43. The number of nitrogen functional groups attached to an aromatic ring is 1. The average molecular weight is 209 g/mol. The number of ether oxygens (including phenoxy) is 1. The van der Waals surface area contributed by atoms with E-state index in [4.69, 9.17) is 16.2 Å². The Balaban J connectivity index is 2.89. The second-order valence-electron chi connectivity index (χ2n) is 3.67. The first-order valence-electron chi connectivity index (χ1n) is 5.15. The minimum absolute atomic E-state index is 0.0547. The minimum atomic E-state index is -0.225. The first-order chi connectivity index (χ1) is 7.06. The third-order valence-corrected chi connectivity index (χ3v) is 2.38. The Bertz CT molecular complexity index is 328. The van der Waals surface area contributed by atoms with E-state index in [1.807, 2.05) is 26.8 Å². The molecule has 1 rings (SSSR count). The summed E-state index contributed by atoms with van der Waals surface area (Å²) in [5.41, 5.74) is 13.7. The average Bonchev–Trinajstić information content (AvgIpc) is 2.21. The normalized spacial score (nSPS) is 14.9. The van der Waals surface area contributed by atoms with Crippen LogP contribution in [0.3, 0.4) is 0 Å². The van der Waals surface area contributed by atoms with Gasteiger partial charge in [-0.1, -0.05) is 0 Å². The first kappa shape index (κ1) is 11.9. The Morgan fingerprint density at radius 3 is 2.80 bits per heavy atom. The summed E-state index contributed by atoms with van der Waals surface area (Å²) >= 11 is 0. The van der Waals surface area contributed by atoms with Gasteiger partial charge in [-0.3, -0.25) is 0 Å². The molecular weight excluding hydrogens is 190 g/mol. The second-order valence-corrected chi connectivity index (χ2v) is 3.67. The summed E-state index contributed by atoms with van der Waals surface area (Å²) in [6.45, 7) is 6.50. The molecule has 2 atom stereocenters. The van der Waals surface area contributed by atoms with Crippen LogP contribution in [-0.2, 0) is 4.74 Å². The highest BCUT2D eigenvalue weighted by Crippen LogP contribution is 2.21. The van der Waals surface area contributed by atoms with Gasteiger partial charge < -0.3 is 16.2 Å². The molecule has 15 heavy (non-hydrogen) atoms. The maximum absolute atomic E-state index is 6.05. The fraction of sp³-hybridized carbons (Fsp3) is 0.545. The summed E-state index contributed by atoms with van der Waals surface area (Å²) in [7, 11) is 0. The molecule has 84 valence electrons. The number of nitrogens with two attached hydrogens (primary N) is 2. The highest BCUT2D eigenvalue weighted by atomic mass is 16.5. The summed E-state index contributed by atoms with van der Waals surface area (Å²) in [5, 5.41) is 0. The van der Waals surface area contributed by atoms with Gasteiger partial charge >= 0.3 is 0 Å². The maximum Gasteiger partial charge on any atom is 0.128 e. The molecule has 0 fully saturated rings. The molecule has 0 radical (unpaired) electrons. The van der Waals surface area contributed by atoms with Gasteiger partial charge in [0.1, 0.15) is 5.82 Å². The fourth-order valence-electron chi connectivity index (χ4n) is 1.49. The first-order valence-corrected chi connectivity index (χ1v) is 5.15. The van der Waals surface area contributed by atoms with Crippen molar-refractivity contribution >= 4 is 5.82 Å². The number of pyridine rings is 1. The number of hydrogen-bond donors (Lipinski definition) is 2. The van der Waals surface area contributed by atoms with Crippen molar-refractivity contribution in [3.63, 3.8) is 0 Å². The van der Waals surface area contributed by atoms with Gasteiger partial charge in [0.05, 0.1) is 12.1 Å². The lowest BCUT2D eigenvalue weighted by atomic mass is 10.0. The molecule has 0 aliphatic carbocycles. The second kappa shape index (κ2) is 5.09. The van der Waals surface area contributed by atoms with E-state index in [9.17, 15) is 0 Å². The molecule has 0 aromatic carbocycles. The van der Waals surface area contributed by atoms with E-state index in [2.05, 4.69) is 4.98 Å². The van der Waals surface area contributed by atoms with E-state index in [0.29, 0.717) is 12.4 Å². The summed E-state index contributed by atoms with van der Waals surface area (Å²) < 4.78 is 5.44. The van der Waals surface area contributed by atoms with Crippen LogP contribution in [0.2, 0.25) is 0 Å². The van der Waals surface area contributed by atoms with Gasteiger partial charge in [0.2, 0.25) is 0 Å². The minimum Gasteiger partial charge on any atom is -0.383 e. The van der Waals surface area contributed by atoms with Crippen molar-refractivity contribution in [2.24, 2.45) is 5.73 Å². The monoisotopic (exact) mass is 209 g/mol. The lowest BCUT2D eigenvalue weighted by molar-refractivity contribution is 0.0575. The lowest BCUT2D eigenvalue weighted by Crippen LogP contribution is -2.27. The maximum atomic E-state index is 6.05. The van der Waals surface area contributed by atoms with Crippen LogP contribution in [0, 0.1) is 6.92 Å². The van der Waals surface area contributed by atoms with Crippen molar-refractivity contribution in [2.45, 2.75) is 32.9 Å². The molecule has 4 nitrogen and oxygen atoms in total. The molecule has 1 heterocycles. The molecule has 4 N–H and O–H groups in total. The lowest BCUT2D eigenvalue weighted by Gasteiger charge is -2.21. The van der Waals surface area contributed by atoms with E-state index < -0.39 is 0 Å². The van der Waals surface area contributed by atoms with Crippen LogP contribution in [-0.4, -0.2) is 17.7 Å². The molecule has 0 saturated heterocycles. The van der Waals surface area contributed by atoms with Crippen LogP contribution in [0.25, 0.3) is 0 Å². The summed E-state index contributed by atoms with van der Waals surface area (Å²) in [6.07, 6.45) is 1.68. The summed E-state index contributed by atoms with van der Waals surface area (Å²) in [4.78, 5) is 4.08. The molecule has 4 heteroatoms. The number of hydrogen-bond acceptors (Lipinski definition) is 4. The topological polar surface area (TPSA) is 74.2 Å². The molecule has 0 aliphatic heterocycles. The summed E-state index contributed by atoms with van der Waals surface area (Å²) in [6, 6.07) is 1.74. The van der Waals surface area contributed by atoms with Gasteiger partial charge in [0, 0.05) is 18.4 Å². The van der Waals surface area contributed by atoms with Gasteiger partial charge in [-0.2, -0.15) is 0 Å². The zero-order valence-electron chi connectivity index (χ0n) is 9.53. The Morgan fingerprint density at radius 1 is 1.53 bits per heavy atom. The van der Waals surface area contributed by atoms with Gasteiger partial charge in [0.15, 0.2) is 0 Å².